The van der Waals surface area contributed by atoms with Gasteiger partial charge in [0.1, 0.15) is 22.4 Å². The number of thiazole rings is 1. The summed E-state index contributed by atoms with van der Waals surface area (Å²) in [6, 6.07) is 9.22. The Labute approximate surface area is 160 Å². The van der Waals surface area contributed by atoms with Crippen LogP contribution in [0.15, 0.2) is 53.7 Å². The first-order valence-electron chi connectivity index (χ1n) is 7.98. The van der Waals surface area contributed by atoms with Crippen LogP contribution in [0.2, 0.25) is 0 Å². The molecule has 2 aromatic rings. The van der Waals surface area contributed by atoms with E-state index in [1.807, 2.05) is 43.3 Å². The minimum atomic E-state index is -0.896. The smallest absolute Gasteiger partial charge is 0.329 e. The van der Waals surface area contributed by atoms with Gasteiger partial charge in [-0.15, -0.1) is 23.1 Å². The van der Waals surface area contributed by atoms with E-state index < -0.39 is 12.0 Å². The average Bonchev–Trinajstić information content (AvgIpc) is 3.26. The first-order chi connectivity index (χ1) is 12.5. The molecule has 0 bridgehead atoms. The largest absolute Gasteiger partial charge is 0.490 e. The Morgan fingerprint density at radius 2 is 2.19 bits per heavy atom. The monoisotopic (exact) mass is 386 g/mol. The summed E-state index contributed by atoms with van der Waals surface area (Å²) < 4.78 is 5.64. The highest BCUT2D eigenvalue weighted by molar-refractivity contribution is 8.15. The van der Waals surface area contributed by atoms with Crippen LogP contribution in [0.1, 0.15) is 21.1 Å². The Morgan fingerprint density at radius 3 is 2.88 bits per heavy atom. The topological polar surface area (TPSA) is 71.8 Å². The van der Waals surface area contributed by atoms with Crippen LogP contribution in [0, 0.1) is 6.92 Å². The molecule has 0 saturated carbocycles. The second-order valence-corrected chi connectivity index (χ2v) is 7.85. The molecule has 134 valence electrons. The molecule has 0 spiro atoms. The minimum absolute atomic E-state index is 0.457. The van der Waals surface area contributed by atoms with Crippen molar-refractivity contribution >= 4 is 40.2 Å². The molecule has 2 heterocycles. The molecule has 0 saturated heterocycles. The van der Waals surface area contributed by atoms with Crippen molar-refractivity contribution in [1.82, 2.24) is 4.98 Å². The van der Waals surface area contributed by atoms with Crippen LogP contribution in [-0.4, -0.2) is 32.9 Å². The maximum Gasteiger partial charge on any atom is 0.329 e. The van der Waals surface area contributed by atoms with Gasteiger partial charge in [-0.05, 0) is 24.6 Å². The third-order valence-corrected chi connectivity index (χ3v) is 5.82. The molecule has 5 nitrogen and oxygen atoms in total. The molecule has 0 fully saturated rings. The number of aliphatic imine (C=N–C) groups is 1. The van der Waals surface area contributed by atoms with Crippen LogP contribution in [0.5, 0.6) is 0 Å². The standard InChI is InChI=1S/C19H18N2O3S2/c1-12(24-10-14-6-4-3-5-7-14)8-9-15-13(2)26-18(20-15)17-21-16(11-25-17)19(22)23/h3-9,16H,1,10-11H2,2H3,(H,22,23)/b9-8-. The number of thioether (sulfide) groups is 1. The van der Waals surface area contributed by atoms with Gasteiger partial charge in [-0.3, -0.25) is 4.99 Å². The molecular formula is C19H18N2O3S2. The molecule has 1 unspecified atom stereocenters. The zero-order chi connectivity index (χ0) is 18.5. The lowest BCUT2D eigenvalue weighted by molar-refractivity contribution is -0.137. The third kappa shape index (κ3) is 4.62. The number of benzene rings is 1. The molecule has 1 atom stereocenters. The molecular weight excluding hydrogens is 368 g/mol. The van der Waals surface area contributed by atoms with Gasteiger partial charge in [-0.2, -0.15) is 0 Å². The molecule has 1 aromatic carbocycles. The fourth-order valence-corrected chi connectivity index (χ4v) is 4.24. The molecule has 1 N–H and O–H groups in total. The highest BCUT2D eigenvalue weighted by Gasteiger charge is 2.27. The number of ether oxygens (including phenoxy) is 1. The lowest BCUT2D eigenvalue weighted by Gasteiger charge is -2.05. The zero-order valence-electron chi connectivity index (χ0n) is 14.2. The van der Waals surface area contributed by atoms with Crippen molar-refractivity contribution in [3.05, 3.63) is 69.9 Å². The number of carbonyl (C=O) groups is 1. The molecule has 0 aliphatic carbocycles. The van der Waals surface area contributed by atoms with Crippen molar-refractivity contribution < 1.29 is 14.6 Å². The van der Waals surface area contributed by atoms with Gasteiger partial charge in [-0.25, -0.2) is 9.78 Å². The van der Waals surface area contributed by atoms with Gasteiger partial charge in [0.15, 0.2) is 6.04 Å². The van der Waals surface area contributed by atoms with E-state index in [1.165, 1.54) is 23.1 Å². The second-order valence-electron chi connectivity index (χ2n) is 5.63. The molecule has 3 rings (SSSR count). The summed E-state index contributed by atoms with van der Waals surface area (Å²) in [7, 11) is 0. The van der Waals surface area contributed by atoms with Gasteiger partial charge in [0.25, 0.3) is 0 Å². The van der Waals surface area contributed by atoms with E-state index in [9.17, 15) is 4.79 Å². The van der Waals surface area contributed by atoms with Gasteiger partial charge >= 0.3 is 5.97 Å². The predicted octanol–water partition coefficient (Wildman–Crippen LogP) is 4.14. The first-order valence-corrected chi connectivity index (χ1v) is 9.78. The van der Waals surface area contributed by atoms with Gasteiger partial charge in [-0.1, -0.05) is 36.9 Å². The highest BCUT2D eigenvalue weighted by atomic mass is 32.2. The summed E-state index contributed by atoms with van der Waals surface area (Å²) in [5, 5.41) is 10.5. The molecule has 0 radical (unpaired) electrons. The molecule has 7 heteroatoms. The molecule has 1 aliphatic heterocycles. The number of aromatic nitrogens is 1. The SMILES string of the molecule is C=C(/C=C\c1nc(C2=NC(C(=O)O)CS2)sc1C)OCc1ccccc1. The number of rotatable bonds is 7. The van der Waals surface area contributed by atoms with Crippen molar-refractivity contribution in [3.63, 3.8) is 0 Å². The minimum Gasteiger partial charge on any atom is -0.490 e. The van der Waals surface area contributed by atoms with Crippen molar-refractivity contribution in [2.24, 2.45) is 4.99 Å². The average molecular weight is 386 g/mol. The maximum absolute atomic E-state index is 11.0. The van der Waals surface area contributed by atoms with E-state index >= 15 is 0 Å². The number of carboxylic acid groups (broad SMARTS) is 1. The number of aliphatic carboxylic acids is 1. The Hall–Kier alpha value is -2.38. The van der Waals surface area contributed by atoms with Crippen molar-refractivity contribution in [1.29, 1.82) is 0 Å². The molecule has 0 amide bonds. The van der Waals surface area contributed by atoms with Gasteiger partial charge in [0.2, 0.25) is 0 Å². The highest BCUT2D eigenvalue weighted by Crippen LogP contribution is 2.28. The predicted molar refractivity (Wildman–Crippen MR) is 107 cm³/mol. The van der Waals surface area contributed by atoms with Crippen molar-refractivity contribution in [2.75, 3.05) is 5.75 Å². The number of aryl methyl sites for hydroxylation is 1. The van der Waals surface area contributed by atoms with Gasteiger partial charge in [0, 0.05) is 10.6 Å². The first kappa shape index (κ1) is 18.4. The number of allylic oxidation sites excluding steroid dienone is 1. The quantitative estimate of drug-likeness (QED) is 0.572. The fourth-order valence-electron chi connectivity index (χ4n) is 2.24. The van der Waals surface area contributed by atoms with Crippen LogP contribution >= 0.6 is 23.1 Å². The van der Waals surface area contributed by atoms with Crippen LogP contribution in [0.25, 0.3) is 6.08 Å². The fraction of sp³-hybridized carbons (Fsp3) is 0.211. The third-order valence-electron chi connectivity index (χ3n) is 3.65. The summed E-state index contributed by atoms with van der Waals surface area (Å²) in [6.07, 6.45) is 3.65. The normalized spacial score (nSPS) is 16.7. The van der Waals surface area contributed by atoms with Gasteiger partial charge in [0.05, 0.1) is 5.69 Å². The summed E-state index contributed by atoms with van der Waals surface area (Å²) >= 11 is 2.94. The number of nitrogens with zero attached hydrogens (tertiary/aromatic N) is 2. The summed E-state index contributed by atoms with van der Waals surface area (Å²) in [5.74, 6) is 0.118. The summed E-state index contributed by atoms with van der Waals surface area (Å²) in [5.41, 5.74) is 1.90. The van der Waals surface area contributed by atoms with E-state index in [1.54, 1.807) is 6.08 Å². The van der Waals surface area contributed by atoms with E-state index in [2.05, 4.69) is 16.6 Å². The molecule has 26 heavy (non-hydrogen) atoms. The summed E-state index contributed by atoms with van der Waals surface area (Å²) in [6.45, 7) is 6.34. The maximum atomic E-state index is 11.0. The Morgan fingerprint density at radius 1 is 1.42 bits per heavy atom. The zero-order valence-corrected chi connectivity index (χ0v) is 15.8. The Balaban J connectivity index is 1.62. The van der Waals surface area contributed by atoms with Crippen LogP contribution < -0.4 is 0 Å². The summed E-state index contributed by atoms with van der Waals surface area (Å²) in [4.78, 5) is 20.9. The second kappa shape index (κ2) is 8.33. The Kier molecular flexibility index (Phi) is 5.90. The van der Waals surface area contributed by atoms with E-state index in [0.29, 0.717) is 23.2 Å². The van der Waals surface area contributed by atoms with E-state index in [-0.39, 0.29) is 0 Å². The lowest BCUT2D eigenvalue weighted by atomic mass is 10.2. The van der Waals surface area contributed by atoms with Crippen LogP contribution in [-0.2, 0) is 16.1 Å². The van der Waals surface area contributed by atoms with Crippen LogP contribution in [0.4, 0.5) is 0 Å². The van der Waals surface area contributed by atoms with Crippen molar-refractivity contribution in [2.45, 2.75) is 19.6 Å². The molecule has 1 aliphatic rings. The number of hydrogen-bond donors (Lipinski definition) is 1. The number of carboxylic acids is 1. The van der Waals surface area contributed by atoms with E-state index in [0.717, 1.165) is 21.1 Å². The molecule has 1 aromatic heterocycles. The Bertz CT molecular complexity index is 872. The van der Waals surface area contributed by atoms with Crippen molar-refractivity contribution in [3.8, 4) is 0 Å². The van der Waals surface area contributed by atoms with Crippen LogP contribution in [0.3, 0.4) is 0 Å². The lowest BCUT2D eigenvalue weighted by Crippen LogP contribution is -2.17. The van der Waals surface area contributed by atoms with E-state index in [4.69, 9.17) is 9.84 Å². The number of hydrogen-bond acceptors (Lipinski definition) is 6. The van der Waals surface area contributed by atoms with Gasteiger partial charge < -0.3 is 9.84 Å².